The van der Waals surface area contributed by atoms with Crippen molar-refractivity contribution >= 4 is 17.4 Å². The molecule has 1 N–H and O–H groups in total. The minimum absolute atomic E-state index is 0.178. The third-order valence-corrected chi connectivity index (χ3v) is 2.25. The van der Waals surface area contributed by atoms with Crippen LogP contribution in [0.3, 0.4) is 0 Å². The molecule has 1 aromatic rings. The number of hydrogen-bond acceptors (Lipinski definition) is 4. The molecule has 0 bridgehead atoms. The van der Waals surface area contributed by atoms with Crippen molar-refractivity contribution in [1.29, 1.82) is 0 Å². The Bertz CT molecular complexity index is 306. The van der Waals surface area contributed by atoms with Crippen molar-refractivity contribution < 1.29 is 5.11 Å². The molecule has 0 amide bonds. The molecule has 0 saturated carbocycles. The second-order valence-electron chi connectivity index (χ2n) is 3.56. The van der Waals surface area contributed by atoms with E-state index in [2.05, 4.69) is 28.7 Å². The fourth-order valence-corrected chi connectivity index (χ4v) is 1.49. The van der Waals surface area contributed by atoms with E-state index < -0.39 is 0 Å². The van der Waals surface area contributed by atoms with Gasteiger partial charge in [0.15, 0.2) is 0 Å². The monoisotopic (exact) mass is 229 g/mol. The molecular formula is C10H16ClN3O. The van der Waals surface area contributed by atoms with Gasteiger partial charge in [0.1, 0.15) is 11.0 Å². The Balaban J connectivity index is 2.79. The molecule has 1 heterocycles. The van der Waals surface area contributed by atoms with E-state index >= 15 is 0 Å². The van der Waals surface area contributed by atoms with Crippen molar-refractivity contribution in [2.24, 2.45) is 0 Å². The summed E-state index contributed by atoms with van der Waals surface area (Å²) in [4.78, 5) is 10.3. The zero-order valence-corrected chi connectivity index (χ0v) is 9.78. The molecule has 15 heavy (non-hydrogen) atoms. The largest absolute Gasteiger partial charge is 0.396 e. The number of hydrogen-bond donors (Lipinski definition) is 1. The molecule has 0 spiro atoms. The standard InChI is InChI=1S/C10H16ClN3O/c1-8(2)14(4-3-5-15)10-7-12-6-9(11)13-10/h6-8,15H,3-5H2,1-2H3. The molecule has 0 fully saturated rings. The van der Waals surface area contributed by atoms with Gasteiger partial charge < -0.3 is 10.0 Å². The van der Waals surface area contributed by atoms with Crippen LogP contribution in [0.2, 0.25) is 5.15 Å². The molecule has 4 nitrogen and oxygen atoms in total. The number of nitrogens with zero attached hydrogens (tertiary/aromatic N) is 3. The third-order valence-electron chi connectivity index (χ3n) is 2.07. The first kappa shape index (κ1) is 12.2. The lowest BCUT2D eigenvalue weighted by atomic mass is 10.3. The molecule has 1 aromatic heterocycles. The summed E-state index contributed by atoms with van der Waals surface area (Å²) < 4.78 is 0. The van der Waals surface area contributed by atoms with Crippen molar-refractivity contribution in [3.63, 3.8) is 0 Å². The van der Waals surface area contributed by atoms with Gasteiger partial charge in [-0.05, 0) is 20.3 Å². The highest BCUT2D eigenvalue weighted by Crippen LogP contribution is 2.15. The minimum Gasteiger partial charge on any atom is -0.396 e. The van der Waals surface area contributed by atoms with E-state index in [1.807, 2.05) is 0 Å². The molecular weight excluding hydrogens is 214 g/mol. The molecule has 0 radical (unpaired) electrons. The van der Waals surface area contributed by atoms with Crippen LogP contribution in [-0.2, 0) is 0 Å². The van der Waals surface area contributed by atoms with Crippen molar-refractivity contribution in [3.05, 3.63) is 17.5 Å². The van der Waals surface area contributed by atoms with Gasteiger partial charge in [0.25, 0.3) is 0 Å². The van der Waals surface area contributed by atoms with E-state index in [0.717, 1.165) is 12.4 Å². The van der Waals surface area contributed by atoms with Crippen molar-refractivity contribution in [2.75, 3.05) is 18.1 Å². The van der Waals surface area contributed by atoms with Gasteiger partial charge in [0.2, 0.25) is 0 Å². The lowest BCUT2D eigenvalue weighted by Crippen LogP contribution is -2.33. The highest BCUT2D eigenvalue weighted by molar-refractivity contribution is 6.29. The molecule has 0 aliphatic rings. The van der Waals surface area contributed by atoms with Crippen LogP contribution in [-0.4, -0.2) is 34.3 Å². The normalized spacial score (nSPS) is 10.7. The van der Waals surface area contributed by atoms with E-state index in [1.54, 1.807) is 6.20 Å². The van der Waals surface area contributed by atoms with Gasteiger partial charge in [-0.25, -0.2) is 4.98 Å². The van der Waals surface area contributed by atoms with Gasteiger partial charge in [0, 0.05) is 19.2 Å². The van der Waals surface area contributed by atoms with E-state index in [1.165, 1.54) is 6.20 Å². The Morgan fingerprint density at radius 1 is 1.47 bits per heavy atom. The number of aliphatic hydroxyl groups is 1. The SMILES string of the molecule is CC(C)N(CCCO)c1cncc(Cl)n1. The van der Waals surface area contributed by atoms with Gasteiger partial charge >= 0.3 is 0 Å². The van der Waals surface area contributed by atoms with Crippen LogP contribution in [0.4, 0.5) is 5.82 Å². The molecule has 84 valence electrons. The third kappa shape index (κ3) is 3.64. The summed E-state index contributed by atoms with van der Waals surface area (Å²) in [5.74, 6) is 0.756. The van der Waals surface area contributed by atoms with Crippen molar-refractivity contribution in [3.8, 4) is 0 Å². The first-order valence-electron chi connectivity index (χ1n) is 5.00. The van der Waals surface area contributed by atoms with E-state index in [4.69, 9.17) is 16.7 Å². The van der Waals surface area contributed by atoms with Crippen LogP contribution in [0.5, 0.6) is 0 Å². The summed E-state index contributed by atoms with van der Waals surface area (Å²) in [6.07, 6.45) is 3.91. The van der Waals surface area contributed by atoms with Crippen LogP contribution in [0.15, 0.2) is 12.4 Å². The maximum Gasteiger partial charge on any atom is 0.149 e. The lowest BCUT2D eigenvalue weighted by Gasteiger charge is -2.27. The summed E-state index contributed by atoms with van der Waals surface area (Å²) in [6, 6.07) is 0.310. The molecule has 0 aliphatic carbocycles. The van der Waals surface area contributed by atoms with Crippen LogP contribution in [0.25, 0.3) is 0 Å². The van der Waals surface area contributed by atoms with Gasteiger partial charge in [-0.2, -0.15) is 0 Å². The fourth-order valence-electron chi connectivity index (χ4n) is 1.35. The molecule has 0 aromatic carbocycles. The number of halogens is 1. The smallest absolute Gasteiger partial charge is 0.149 e. The van der Waals surface area contributed by atoms with Crippen LogP contribution >= 0.6 is 11.6 Å². The first-order chi connectivity index (χ1) is 7.15. The number of aliphatic hydroxyl groups excluding tert-OH is 1. The minimum atomic E-state index is 0.178. The highest BCUT2D eigenvalue weighted by Gasteiger charge is 2.11. The predicted octanol–water partition coefficient (Wildman–Crippen LogP) is 1.73. The average molecular weight is 230 g/mol. The van der Waals surface area contributed by atoms with Crippen LogP contribution in [0.1, 0.15) is 20.3 Å². The summed E-state index contributed by atoms with van der Waals surface area (Å²) in [7, 11) is 0. The first-order valence-corrected chi connectivity index (χ1v) is 5.38. The molecule has 0 saturated heterocycles. The lowest BCUT2D eigenvalue weighted by molar-refractivity contribution is 0.288. The number of rotatable bonds is 5. The summed E-state index contributed by atoms with van der Waals surface area (Å²) in [5.41, 5.74) is 0. The van der Waals surface area contributed by atoms with Gasteiger partial charge in [-0.3, -0.25) is 4.98 Å². The second-order valence-corrected chi connectivity index (χ2v) is 3.95. The zero-order valence-electron chi connectivity index (χ0n) is 9.02. The number of anilines is 1. The predicted molar refractivity (Wildman–Crippen MR) is 61.2 cm³/mol. The van der Waals surface area contributed by atoms with Crippen LogP contribution in [0, 0.1) is 0 Å². The van der Waals surface area contributed by atoms with E-state index in [-0.39, 0.29) is 6.61 Å². The molecule has 0 aliphatic heterocycles. The zero-order chi connectivity index (χ0) is 11.3. The van der Waals surface area contributed by atoms with Crippen molar-refractivity contribution in [2.45, 2.75) is 26.3 Å². The fraction of sp³-hybridized carbons (Fsp3) is 0.600. The summed E-state index contributed by atoms with van der Waals surface area (Å²) in [6.45, 7) is 5.07. The highest BCUT2D eigenvalue weighted by atomic mass is 35.5. The topological polar surface area (TPSA) is 49.2 Å². The average Bonchev–Trinajstić information content (AvgIpc) is 2.18. The van der Waals surface area contributed by atoms with Gasteiger partial charge in [-0.1, -0.05) is 11.6 Å². The molecule has 0 unspecified atom stereocenters. The van der Waals surface area contributed by atoms with Gasteiger partial charge in [0.05, 0.1) is 12.4 Å². The Labute approximate surface area is 94.9 Å². The summed E-state index contributed by atoms with van der Waals surface area (Å²) >= 11 is 5.78. The Kier molecular flexibility index (Phi) is 4.78. The molecule has 0 atom stereocenters. The molecule has 5 heteroatoms. The maximum absolute atomic E-state index is 8.81. The number of aromatic nitrogens is 2. The quantitative estimate of drug-likeness (QED) is 0.836. The van der Waals surface area contributed by atoms with Crippen LogP contribution < -0.4 is 4.90 Å². The van der Waals surface area contributed by atoms with E-state index in [9.17, 15) is 0 Å². The van der Waals surface area contributed by atoms with E-state index in [0.29, 0.717) is 17.6 Å². The second kappa shape index (κ2) is 5.88. The van der Waals surface area contributed by atoms with Gasteiger partial charge in [-0.15, -0.1) is 0 Å². The Hall–Kier alpha value is -0.870. The molecule has 1 rings (SSSR count). The summed E-state index contributed by atoms with van der Waals surface area (Å²) in [5, 5.41) is 9.20. The maximum atomic E-state index is 8.81. The Morgan fingerprint density at radius 2 is 2.20 bits per heavy atom. The Morgan fingerprint density at radius 3 is 2.73 bits per heavy atom. The van der Waals surface area contributed by atoms with Crippen molar-refractivity contribution in [1.82, 2.24) is 9.97 Å².